The molecule has 3 aromatic rings. The highest BCUT2D eigenvalue weighted by Crippen LogP contribution is 2.45. The first kappa shape index (κ1) is 30.4. The van der Waals surface area contributed by atoms with E-state index < -0.39 is 47.2 Å². The molecule has 1 nitrogen and oxygen atoms in total. The van der Waals surface area contributed by atoms with Crippen molar-refractivity contribution in [3.05, 3.63) is 88.5 Å². The lowest BCUT2D eigenvalue weighted by Crippen LogP contribution is -2.37. The quantitative estimate of drug-likeness (QED) is 0.247. The van der Waals surface area contributed by atoms with E-state index in [1.807, 2.05) is 6.07 Å². The molecule has 2 fully saturated rings. The van der Waals surface area contributed by atoms with Crippen LogP contribution in [0.15, 0.2) is 48.5 Å². The van der Waals surface area contributed by atoms with Gasteiger partial charge in [-0.05, 0) is 103 Å². The first-order chi connectivity index (χ1) is 19.9. The van der Waals surface area contributed by atoms with Gasteiger partial charge in [-0.25, -0.2) is 26.3 Å². The minimum atomic E-state index is -3.64. The molecule has 0 aromatic heterocycles. The van der Waals surface area contributed by atoms with Gasteiger partial charge in [-0.3, -0.25) is 0 Å². The van der Waals surface area contributed by atoms with E-state index in [1.165, 1.54) is 0 Å². The molecule has 0 atom stereocenters. The van der Waals surface area contributed by atoms with Gasteiger partial charge >= 0.3 is 6.11 Å². The maximum absolute atomic E-state index is 15.1. The summed E-state index contributed by atoms with van der Waals surface area (Å²) in [6.07, 6.45) is -1.85. The van der Waals surface area contributed by atoms with Crippen LogP contribution >= 0.6 is 0 Å². The van der Waals surface area contributed by atoms with Crippen LogP contribution in [0.2, 0.25) is 0 Å². The van der Waals surface area contributed by atoms with Gasteiger partial charge in [-0.2, -0.15) is 8.78 Å². The molecular weight excluding hydrogens is 564 g/mol. The average molecular weight is 597 g/mol. The molecule has 0 heterocycles. The molecule has 0 radical (unpaired) electrons. The minimum absolute atomic E-state index is 0.0783. The van der Waals surface area contributed by atoms with E-state index in [0.29, 0.717) is 48.4 Å². The van der Waals surface area contributed by atoms with Crippen LogP contribution in [0.5, 0.6) is 5.75 Å². The zero-order valence-corrected chi connectivity index (χ0v) is 23.1. The van der Waals surface area contributed by atoms with Crippen LogP contribution in [-0.4, -0.2) is 6.11 Å². The Hall–Kier alpha value is -3.10. The third-order valence-corrected chi connectivity index (χ3v) is 8.96. The molecule has 0 N–H and O–H groups in total. The maximum atomic E-state index is 15.1. The van der Waals surface area contributed by atoms with Gasteiger partial charge in [0.25, 0.3) is 6.43 Å². The molecule has 9 heteroatoms. The summed E-state index contributed by atoms with van der Waals surface area (Å²) in [7, 11) is 0. The van der Waals surface area contributed by atoms with Gasteiger partial charge in [0.1, 0.15) is 29.0 Å². The lowest BCUT2D eigenvalue weighted by Gasteiger charge is -2.34. The monoisotopic (exact) mass is 596 g/mol. The van der Waals surface area contributed by atoms with E-state index in [2.05, 4.69) is 6.92 Å². The summed E-state index contributed by atoms with van der Waals surface area (Å²) in [4.78, 5) is 0. The molecule has 0 bridgehead atoms. The Labute approximate surface area is 239 Å². The van der Waals surface area contributed by atoms with Crippen LogP contribution in [0.25, 0.3) is 11.1 Å². The van der Waals surface area contributed by atoms with Crippen molar-refractivity contribution in [2.24, 2.45) is 11.8 Å². The van der Waals surface area contributed by atoms with Crippen molar-refractivity contribution in [2.45, 2.75) is 82.7 Å². The number of halogens is 8. The van der Waals surface area contributed by atoms with Crippen LogP contribution in [0.4, 0.5) is 35.1 Å². The predicted molar refractivity (Wildman–Crippen MR) is 144 cm³/mol. The summed E-state index contributed by atoms with van der Waals surface area (Å²) in [5.41, 5.74) is -0.622. The van der Waals surface area contributed by atoms with Crippen LogP contribution in [-0.2, 0) is 0 Å². The molecule has 0 unspecified atom stereocenters. The maximum Gasteiger partial charge on any atom is 0.400 e. The number of benzene rings is 3. The van der Waals surface area contributed by atoms with E-state index in [1.54, 1.807) is 12.1 Å². The van der Waals surface area contributed by atoms with Gasteiger partial charge in [0.2, 0.25) is 0 Å². The summed E-state index contributed by atoms with van der Waals surface area (Å²) in [5, 5.41) is 0. The lowest BCUT2D eigenvalue weighted by atomic mass is 9.76. The van der Waals surface area contributed by atoms with Crippen molar-refractivity contribution in [3.63, 3.8) is 0 Å². The average Bonchev–Trinajstić information content (AvgIpc) is 2.93. The van der Waals surface area contributed by atoms with Crippen LogP contribution in [0.3, 0.4) is 0 Å². The summed E-state index contributed by atoms with van der Waals surface area (Å²) >= 11 is 0. The Morgan fingerprint density at radius 3 is 1.88 bits per heavy atom. The van der Waals surface area contributed by atoms with Gasteiger partial charge in [0.05, 0.1) is 11.5 Å². The summed E-state index contributed by atoms with van der Waals surface area (Å²) < 4.78 is 118. The number of ether oxygens (including phenoxy) is 1. The molecule has 0 saturated heterocycles. The normalized spacial score (nSPS) is 23.3. The molecule has 2 saturated carbocycles. The zero-order chi connectivity index (χ0) is 30.2. The van der Waals surface area contributed by atoms with Crippen LogP contribution in [0, 0.1) is 35.1 Å². The number of rotatable bonds is 7. The van der Waals surface area contributed by atoms with Gasteiger partial charge in [0, 0.05) is 11.6 Å². The third-order valence-electron chi connectivity index (χ3n) is 8.96. The Morgan fingerprint density at radius 1 is 0.690 bits per heavy atom. The fourth-order valence-corrected chi connectivity index (χ4v) is 6.44. The molecular formula is C33H32F8O. The lowest BCUT2D eigenvalue weighted by molar-refractivity contribution is -0.222. The first-order valence-electron chi connectivity index (χ1n) is 14.4. The van der Waals surface area contributed by atoms with E-state index in [4.69, 9.17) is 4.74 Å². The summed E-state index contributed by atoms with van der Waals surface area (Å²) in [5.74, 6) is -5.31. The van der Waals surface area contributed by atoms with Crippen LogP contribution in [0.1, 0.15) is 93.2 Å². The largest absolute Gasteiger partial charge is 0.432 e. The van der Waals surface area contributed by atoms with Crippen molar-refractivity contribution < 1.29 is 39.9 Å². The molecule has 2 aliphatic rings. The van der Waals surface area contributed by atoms with Gasteiger partial charge in [0.15, 0.2) is 0 Å². The Kier molecular flexibility index (Phi) is 8.86. The predicted octanol–water partition coefficient (Wildman–Crippen LogP) is 11.1. The second-order valence-corrected chi connectivity index (χ2v) is 11.7. The van der Waals surface area contributed by atoms with Crippen molar-refractivity contribution in [1.82, 2.24) is 0 Å². The van der Waals surface area contributed by atoms with Crippen LogP contribution < -0.4 is 4.74 Å². The van der Waals surface area contributed by atoms with Crippen molar-refractivity contribution in [2.75, 3.05) is 0 Å². The van der Waals surface area contributed by atoms with Crippen molar-refractivity contribution >= 4 is 0 Å². The minimum Gasteiger partial charge on any atom is -0.432 e. The molecule has 42 heavy (non-hydrogen) atoms. The number of hydrogen-bond donors (Lipinski definition) is 0. The molecule has 0 spiro atoms. The molecule has 226 valence electrons. The standard InChI is InChI=1S/C33H32F8O/c1-18-2-4-19(5-3-18)21-8-12-25(27(34)14-21)20-6-9-23(10-7-20)33(40,41)42-24-11-13-26(28(35)17-24)22-15-29(36)31(32(38)39)30(37)16-22/h8,11-20,23,32H,2-7,9-10H2,1H3. The highest BCUT2D eigenvalue weighted by Gasteiger charge is 2.44. The fraction of sp³-hybridized carbons (Fsp3) is 0.455. The Morgan fingerprint density at radius 2 is 1.31 bits per heavy atom. The van der Waals surface area contributed by atoms with Gasteiger partial charge in [-0.15, -0.1) is 0 Å². The Balaban J connectivity index is 1.22. The van der Waals surface area contributed by atoms with Gasteiger partial charge in [-0.1, -0.05) is 31.9 Å². The van der Waals surface area contributed by atoms with E-state index in [-0.39, 0.29) is 35.7 Å². The number of alkyl halides is 4. The molecule has 0 amide bonds. The molecule has 2 aliphatic carbocycles. The molecule has 3 aromatic carbocycles. The third kappa shape index (κ3) is 6.45. The molecule has 0 aliphatic heterocycles. The van der Waals surface area contributed by atoms with E-state index >= 15 is 13.2 Å². The van der Waals surface area contributed by atoms with Crippen molar-refractivity contribution in [1.29, 1.82) is 0 Å². The van der Waals surface area contributed by atoms with Gasteiger partial charge < -0.3 is 4.74 Å². The summed E-state index contributed by atoms with van der Waals surface area (Å²) in [6.45, 7) is 2.23. The number of hydrogen-bond acceptors (Lipinski definition) is 1. The van der Waals surface area contributed by atoms with E-state index in [0.717, 1.165) is 43.4 Å². The molecule has 5 rings (SSSR count). The zero-order valence-electron chi connectivity index (χ0n) is 23.1. The highest BCUT2D eigenvalue weighted by atomic mass is 19.3. The smallest absolute Gasteiger partial charge is 0.400 e. The second-order valence-electron chi connectivity index (χ2n) is 11.7. The topological polar surface area (TPSA) is 9.23 Å². The SMILES string of the molecule is CC1CCC(c2ccc(C3CCC(C(F)(F)Oc4ccc(-c5cc(F)c(C(F)F)c(F)c5)c(F)c4)CC3)c(F)c2)CC1. The fourth-order valence-electron chi connectivity index (χ4n) is 6.44. The highest BCUT2D eigenvalue weighted by molar-refractivity contribution is 5.65. The summed E-state index contributed by atoms with van der Waals surface area (Å²) in [6, 6.07) is 9.17. The van der Waals surface area contributed by atoms with Crippen molar-refractivity contribution in [3.8, 4) is 16.9 Å². The first-order valence-corrected chi connectivity index (χ1v) is 14.4. The van der Waals surface area contributed by atoms with E-state index in [9.17, 15) is 22.0 Å². The second kappa shape index (κ2) is 12.3. The Bertz CT molecular complexity index is 1380.